The third-order valence-electron chi connectivity index (χ3n) is 5.32. The van der Waals surface area contributed by atoms with Crippen LogP contribution in [0, 0.1) is 0 Å². The first kappa shape index (κ1) is 33.2. The van der Waals surface area contributed by atoms with E-state index in [0.717, 1.165) is 32.1 Å². The van der Waals surface area contributed by atoms with Gasteiger partial charge >= 0.3 is 22.2 Å². The number of carboxylic acid groups (broad SMARTS) is 1. The Hall–Kier alpha value is -3.02. The van der Waals surface area contributed by atoms with E-state index in [0.29, 0.717) is 0 Å². The number of carboxylic acids is 1. The predicted octanol–water partition coefficient (Wildman–Crippen LogP) is -4.08. The minimum absolute atomic E-state index is 0.0343. The number of thiazole rings is 1. The summed E-state index contributed by atoms with van der Waals surface area (Å²) < 4.78 is 43.7. The van der Waals surface area contributed by atoms with Crippen molar-refractivity contribution >= 4 is 50.3 Å². The van der Waals surface area contributed by atoms with E-state index in [4.69, 9.17) is 20.0 Å². The van der Waals surface area contributed by atoms with Crippen molar-refractivity contribution in [1.82, 2.24) is 15.0 Å². The molecule has 1 aliphatic heterocycles. The van der Waals surface area contributed by atoms with Crippen molar-refractivity contribution in [2.75, 3.05) is 12.3 Å². The molecule has 0 spiro atoms. The molecular weight excluding hydrogens is 586 g/mol. The third kappa shape index (κ3) is 8.49. The molecule has 21 heteroatoms. The van der Waals surface area contributed by atoms with Crippen LogP contribution in [-0.2, 0) is 39.0 Å². The zero-order chi connectivity index (χ0) is 30.6. The number of nitrogens with two attached hydrogens (primary N) is 1. The van der Waals surface area contributed by atoms with Gasteiger partial charge in [0.25, 0.3) is 5.91 Å². The molecular formula is C19H29N5O14S2. The van der Waals surface area contributed by atoms with Gasteiger partial charge in [0.05, 0.1) is 12.6 Å². The molecule has 0 aliphatic carbocycles. The number of aliphatic hydroxyl groups is 4. The standard InChI is InChI=1S/C19H29N5O14S2/c1-6(24-40(33,34)35)9(15(30)37-16-13(28)12(27)11(26)8(4-25)36-16)22-14(29)10(7-5-39-18(20)21-7)23-38-19(2,3)17(31)32/h5-6,8-9,11-13,16,24-28H,4H2,1-3H3,(H2,20,21)(H,22,29)(H,31,32)(H,33,34,35)/b23-10-. The lowest BCUT2D eigenvalue weighted by Crippen LogP contribution is -2.61. The molecule has 0 aromatic carbocycles. The fraction of sp³-hybridized carbons (Fsp3) is 0.632. The number of oxime groups is 1. The van der Waals surface area contributed by atoms with Gasteiger partial charge < -0.3 is 50.9 Å². The molecule has 10 N–H and O–H groups in total. The van der Waals surface area contributed by atoms with Crippen molar-refractivity contribution in [3.05, 3.63) is 11.1 Å². The Morgan fingerprint density at radius 1 is 1.25 bits per heavy atom. The first-order valence-corrected chi connectivity index (χ1v) is 13.5. The number of aliphatic hydroxyl groups excluding tert-OH is 4. The third-order valence-corrected chi connectivity index (χ3v) is 6.66. The topological polar surface area (TPSA) is 310 Å². The van der Waals surface area contributed by atoms with E-state index < -0.39 is 88.9 Å². The molecule has 7 unspecified atom stereocenters. The predicted molar refractivity (Wildman–Crippen MR) is 132 cm³/mol. The van der Waals surface area contributed by atoms with Crippen LogP contribution in [0.5, 0.6) is 0 Å². The number of hydrogen-bond acceptors (Lipinski definition) is 16. The molecule has 7 atom stereocenters. The van der Waals surface area contributed by atoms with Gasteiger partial charge in [0.15, 0.2) is 10.8 Å². The number of carbonyl (C=O) groups is 3. The van der Waals surface area contributed by atoms with Gasteiger partial charge in [-0.2, -0.15) is 13.1 Å². The van der Waals surface area contributed by atoms with Crippen molar-refractivity contribution in [2.45, 2.75) is 69.2 Å². The quantitative estimate of drug-likeness (QED) is 0.0467. The fourth-order valence-electron chi connectivity index (χ4n) is 3.05. The molecule has 1 aromatic rings. The van der Waals surface area contributed by atoms with Crippen LogP contribution < -0.4 is 15.8 Å². The van der Waals surface area contributed by atoms with E-state index in [1.807, 2.05) is 0 Å². The number of carbonyl (C=O) groups excluding carboxylic acids is 2. The van der Waals surface area contributed by atoms with E-state index in [9.17, 15) is 52.9 Å². The van der Waals surface area contributed by atoms with Gasteiger partial charge in [-0.15, -0.1) is 11.3 Å². The number of nitrogens with zero attached hydrogens (tertiary/aromatic N) is 2. The largest absolute Gasteiger partial charge is 0.478 e. The average Bonchev–Trinajstić information content (AvgIpc) is 3.27. The van der Waals surface area contributed by atoms with Gasteiger partial charge in [-0.25, -0.2) is 14.6 Å². The summed E-state index contributed by atoms with van der Waals surface area (Å²) in [5, 5.41) is 55.4. The second-order valence-corrected chi connectivity index (χ2v) is 11.0. The molecule has 1 saturated heterocycles. The first-order chi connectivity index (χ1) is 18.4. The zero-order valence-electron chi connectivity index (χ0n) is 21.1. The van der Waals surface area contributed by atoms with Crippen LogP contribution >= 0.6 is 11.3 Å². The maximum absolute atomic E-state index is 13.2. The molecule has 2 rings (SSSR count). The Morgan fingerprint density at radius 2 is 1.88 bits per heavy atom. The van der Waals surface area contributed by atoms with Crippen molar-refractivity contribution < 1.29 is 67.2 Å². The van der Waals surface area contributed by atoms with E-state index in [1.165, 1.54) is 5.38 Å². The number of amides is 1. The van der Waals surface area contributed by atoms with Crippen molar-refractivity contribution in [3.63, 3.8) is 0 Å². The smallest absolute Gasteiger partial charge is 0.350 e. The van der Waals surface area contributed by atoms with E-state index in [-0.39, 0.29) is 10.8 Å². The van der Waals surface area contributed by atoms with Gasteiger partial charge in [-0.1, -0.05) is 5.16 Å². The highest BCUT2D eigenvalue weighted by Gasteiger charge is 2.46. The molecule has 0 bridgehead atoms. The summed E-state index contributed by atoms with van der Waals surface area (Å²) in [6.45, 7) is 2.39. The van der Waals surface area contributed by atoms with Crippen LogP contribution in [0.3, 0.4) is 0 Å². The number of nitrogen functional groups attached to an aromatic ring is 1. The summed E-state index contributed by atoms with van der Waals surface area (Å²) in [7, 11) is -4.96. The summed E-state index contributed by atoms with van der Waals surface area (Å²) in [5.74, 6) is -4.24. The maximum Gasteiger partial charge on any atom is 0.350 e. The maximum atomic E-state index is 13.2. The van der Waals surface area contributed by atoms with E-state index in [1.54, 1.807) is 4.72 Å². The van der Waals surface area contributed by atoms with E-state index in [2.05, 4.69) is 15.5 Å². The fourth-order valence-corrected chi connectivity index (χ4v) is 4.21. The van der Waals surface area contributed by atoms with Gasteiger partial charge in [0, 0.05) is 5.38 Å². The van der Waals surface area contributed by atoms with Crippen molar-refractivity contribution in [2.24, 2.45) is 5.16 Å². The number of ether oxygens (including phenoxy) is 2. The normalized spacial score (nSPS) is 25.5. The zero-order valence-corrected chi connectivity index (χ0v) is 22.7. The van der Waals surface area contributed by atoms with Gasteiger partial charge in [-0.3, -0.25) is 9.35 Å². The second kappa shape index (κ2) is 13.1. The molecule has 40 heavy (non-hydrogen) atoms. The van der Waals surface area contributed by atoms with Crippen LogP contribution in [0.2, 0.25) is 0 Å². The van der Waals surface area contributed by atoms with E-state index >= 15 is 0 Å². The minimum atomic E-state index is -4.96. The Kier molecular flexibility index (Phi) is 10.9. The molecule has 1 amide bonds. The van der Waals surface area contributed by atoms with Crippen LogP contribution in [0.1, 0.15) is 26.5 Å². The van der Waals surface area contributed by atoms with Crippen LogP contribution in [0.25, 0.3) is 0 Å². The molecule has 1 aromatic heterocycles. The summed E-state index contributed by atoms with van der Waals surface area (Å²) in [4.78, 5) is 46.4. The summed E-state index contributed by atoms with van der Waals surface area (Å²) in [5.41, 5.74) is 2.73. The van der Waals surface area contributed by atoms with Gasteiger partial charge in [0.2, 0.25) is 11.9 Å². The van der Waals surface area contributed by atoms with Gasteiger partial charge in [0.1, 0.15) is 36.2 Å². The summed E-state index contributed by atoms with van der Waals surface area (Å²) >= 11 is 0.864. The molecule has 1 fully saturated rings. The molecule has 2 heterocycles. The first-order valence-electron chi connectivity index (χ1n) is 11.2. The Labute approximate surface area is 230 Å². The number of anilines is 1. The number of aliphatic carboxylic acids is 1. The van der Waals surface area contributed by atoms with Crippen LogP contribution in [0.15, 0.2) is 10.5 Å². The molecule has 226 valence electrons. The number of hydrogen-bond donors (Lipinski definition) is 9. The highest BCUT2D eigenvalue weighted by atomic mass is 32.2. The molecule has 1 aliphatic rings. The lowest BCUT2D eigenvalue weighted by molar-refractivity contribution is -0.293. The van der Waals surface area contributed by atoms with Crippen LogP contribution in [0.4, 0.5) is 5.13 Å². The number of esters is 1. The Bertz CT molecular complexity index is 1220. The number of nitrogens with one attached hydrogen (secondary N) is 2. The lowest BCUT2D eigenvalue weighted by Gasteiger charge is -2.39. The molecule has 0 radical (unpaired) electrons. The minimum Gasteiger partial charge on any atom is -0.478 e. The highest BCUT2D eigenvalue weighted by Crippen LogP contribution is 2.23. The molecule has 0 saturated carbocycles. The summed E-state index contributed by atoms with van der Waals surface area (Å²) in [6.07, 6.45) is -9.24. The Balaban J connectivity index is 2.41. The second-order valence-electron chi connectivity index (χ2n) is 8.88. The SMILES string of the molecule is CC(NS(=O)(=O)O)C(NC(=O)/C(=N\OC(C)(C)C(=O)O)c1csc(N)n1)C(=O)OC1OC(CO)C(O)C(O)C1O. The highest BCUT2D eigenvalue weighted by molar-refractivity contribution is 7.83. The van der Waals surface area contributed by atoms with Crippen molar-refractivity contribution in [3.8, 4) is 0 Å². The average molecular weight is 616 g/mol. The Morgan fingerprint density at radius 3 is 2.38 bits per heavy atom. The lowest BCUT2D eigenvalue weighted by atomic mass is 9.99. The number of rotatable bonds is 12. The van der Waals surface area contributed by atoms with Crippen molar-refractivity contribution in [1.29, 1.82) is 0 Å². The monoisotopic (exact) mass is 615 g/mol. The van der Waals surface area contributed by atoms with Gasteiger partial charge in [-0.05, 0) is 20.8 Å². The number of aromatic nitrogens is 1. The summed E-state index contributed by atoms with van der Waals surface area (Å²) in [6, 6.07) is -3.68. The van der Waals surface area contributed by atoms with Crippen LogP contribution in [-0.4, -0.2) is 122 Å². The molecule has 19 nitrogen and oxygen atoms in total.